The third-order valence-corrected chi connectivity index (χ3v) is 6.74. The molecule has 0 spiro atoms. The van der Waals surface area contributed by atoms with Gasteiger partial charge >= 0.3 is 5.97 Å². The van der Waals surface area contributed by atoms with Crippen molar-refractivity contribution in [3.05, 3.63) is 47.0 Å². The van der Waals surface area contributed by atoms with Gasteiger partial charge in [-0.25, -0.2) is 4.98 Å². The van der Waals surface area contributed by atoms with Gasteiger partial charge in [-0.15, -0.1) is 0 Å². The molecule has 0 amide bonds. The SMILES string of the molecule is Cc1ccc(CC(=O)C2CCN(C(C)C(=O)O)CC2)cc1-c1ccc2c(n1)NCCC2. The van der Waals surface area contributed by atoms with E-state index in [0.29, 0.717) is 19.5 Å². The van der Waals surface area contributed by atoms with Crippen LogP contribution in [0, 0.1) is 12.8 Å². The molecule has 164 valence electrons. The number of anilines is 1. The molecule has 1 aromatic heterocycles. The molecule has 1 unspecified atom stereocenters. The fourth-order valence-electron chi connectivity index (χ4n) is 4.64. The molecule has 6 heteroatoms. The maximum Gasteiger partial charge on any atom is 0.320 e. The van der Waals surface area contributed by atoms with Crippen molar-refractivity contribution in [2.24, 2.45) is 5.92 Å². The van der Waals surface area contributed by atoms with Crippen molar-refractivity contribution >= 4 is 17.6 Å². The predicted molar refractivity (Wildman–Crippen MR) is 121 cm³/mol. The summed E-state index contributed by atoms with van der Waals surface area (Å²) in [5.74, 6) is 0.431. The fourth-order valence-corrected chi connectivity index (χ4v) is 4.64. The Kier molecular flexibility index (Phi) is 6.37. The van der Waals surface area contributed by atoms with Crippen molar-refractivity contribution in [3.8, 4) is 11.3 Å². The number of carbonyl (C=O) groups excluding carboxylic acids is 1. The van der Waals surface area contributed by atoms with Crippen molar-refractivity contribution in [2.75, 3.05) is 25.0 Å². The van der Waals surface area contributed by atoms with E-state index in [4.69, 9.17) is 4.98 Å². The molecule has 2 aromatic rings. The summed E-state index contributed by atoms with van der Waals surface area (Å²) >= 11 is 0. The summed E-state index contributed by atoms with van der Waals surface area (Å²) in [6, 6.07) is 9.96. The highest BCUT2D eigenvalue weighted by molar-refractivity contribution is 5.84. The van der Waals surface area contributed by atoms with E-state index in [1.807, 2.05) is 11.0 Å². The number of ketones is 1. The summed E-state index contributed by atoms with van der Waals surface area (Å²) in [7, 11) is 0. The number of hydrogen-bond donors (Lipinski definition) is 2. The van der Waals surface area contributed by atoms with Gasteiger partial charge in [-0.3, -0.25) is 14.5 Å². The van der Waals surface area contributed by atoms with Crippen LogP contribution in [-0.4, -0.2) is 52.4 Å². The Balaban J connectivity index is 1.44. The van der Waals surface area contributed by atoms with Gasteiger partial charge in [-0.05, 0) is 81.4 Å². The van der Waals surface area contributed by atoms with E-state index in [0.717, 1.165) is 60.4 Å². The maximum atomic E-state index is 12.9. The van der Waals surface area contributed by atoms with Gasteiger partial charge < -0.3 is 10.4 Å². The van der Waals surface area contributed by atoms with E-state index < -0.39 is 12.0 Å². The summed E-state index contributed by atoms with van der Waals surface area (Å²) < 4.78 is 0. The maximum absolute atomic E-state index is 12.9. The lowest BCUT2D eigenvalue weighted by atomic mass is 9.88. The number of piperidine rings is 1. The number of carbonyl (C=O) groups is 2. The first kappa shape index (κ1) is 21.5. The van der Waals surface area contributed by atoms with Gasteiger partial charge in [-0.2, -0.15) is 0 Å². The number of nitrogens with one attached hydrogen (secondary N) is 1. The molecule has 0 aliphatic carbocycles. The number of nitrogens with zero attached hydrogens (tertiary/aromatic N) is 2. The Morgan fingerprint density at radius 2 is 2.00 bits per heavy atom. The van der Waals surface area contributed by atoms with E-state index in [-0.39, 0.29) is 11.7 Å². The van der Waals surface area contributed by atoms with Gasteiger partial charge in [0, 0.05) is 24.4 Å². The fraction of sp³-hybridized carbons (Fsp3) is 0.480. The van der Waals surface area contributed by atoms with E-state index in [2.05, 4.69) is 36.5 Å². The molecule has 2 aliphatic heterocycles. The summed E-state index contributed by atoms with van der Waals surface area (Å²) in [6.45, 7) is 6.07. The zero-order valence-corrected chi connectivity index (χ0v) is 18.4. The van der Waals surface area contributed by atoms with Gasteiger partial charge in [0.25, 0.3) is 0 Å². The molecule has 0 bridgehead atoms. The number of fused-ring (bicyclic) bond motifs is 1. The highest BCUT2D eigenvalue weighted by Gasteiger charge is 2.29. The second-order valence-corrected chi connectivity index (χ2v) is 8.85. The number of aliphatic carboxylic acids is 1. The quantitative estimate of drug-likeness (QED) is 0.740. The van der Waals surface area contributed by atoms with Gasteiger partial charge in [0.15, 0.2) is 0 Å². The monoisotopic (exact) mass is 421 g/mol. The normalized spacial score (nSPS) is 18.1. The molecule has 4 rings (SSSR count). The molecule has 1 aromatic carbocycles. The summed E-state index contributed by atoms with van der Waals surface area (Å²) in [6.07, 6.45) is 4.07. The Labute approximate surface area is 183 Å². The number of benzene rings is 1. The first-order chi connectivity index (χ1) is 14.9. The minimum Gasteiger partial charge on any atom is -0.480 e. The van der Waals surface area contributed by atoms with E-state index in [1.165, 1.54) is 5.56 Å². The van der Waals surface area contributed by atoms with Crippen molar-refractivity contribution in [1.29, 1.82) is 0 Å². The average Bonchev–Trinajstić information content (AvgIpc) is 2.79. The number of carboxylic acids is 1. The molecule has 2 aliphatic rings. The number of rotatable bonds is 6. The lowest BCUT2D eigenvalue weighted by Crippen LogP contribution is -2.45. The number of pyridine rings is 1. The van der Waals surface area contributed by atoms with Crippen LogP contribution >= 0.6 is 0 Å². The molecule has 3 heterocycles. The summed E-state index contributed by atoms with van der Waals surface area (Å²) in [5.41, 5.74) is 5.44. The van der Waals surface area contributed by atoms with Crippen LogP contribution in [0.2, 0.25) is 0 Å². The molecule has 2 N–H and O–H groups in total. The van der Waals surface area contributed by atoms with E-state index in [1.54, 1.807) is 6.92 Å². The first-order valence-electron chi connectivity index (χ1n) is 11.3. The van der Waals surface area contributed by atoms with Crippen LogP contribution < -0.4 is 5.32 Å². The third kappa shape index (κ3) is 4.79. The molecule has 0 radical (unpaired) electrons. The Morgan fingerprint density at radius 3 is 2.74 bits per heavy atom. The lowest BCUT2D eigenvalue weighted by molar-refractivity contribution is -0.143. The largest absolute Gasteiger partial charge is 0.480 e. The Hall–Kier alpha value is -2.73. The van der Waals surface area contributed by atoms with E-state index in [9.17, 15) is 14.7 Å². The van der Waals surface area contributed by atoms with Crippen LogP contribution in [0.25, 0.3) is 11.3 Å². The second kappa shape index (κ2) is 9.18. The van der Waals surface area contributed by atoms with Gasteiger partial charge in [0.2, 0.25) is 0 Å². The Bertz CT molecular complexity index is 980. The predicted octanol–water partition coefficient (Wildman–Crippen LogP) is 3.71. The molecular weight excluding hydrogens is 390 g/mol. The Morgan fingerprint density at radius 1 is 1.23 bits per heavy atom. The molecule has 6 nitrogen and oxygen atoms in total. The zero-order valence-electron chi connectivity index (χ0n) is 18.4. The molecule has 1 fully saturated rings. The summed E-state index contributed by atoms with van der Waals surface area (Å²) in [4.78, 5) is 30.9. The van der Waals surface area contributed by atoms with Crippen LogP contribution in [0.15, 0.2) is 30.3 Å². The minimum absolute atomic E-state index is 0.00747. The lowest BCUT2D eigenvalue weighted by Gasteiger charge is -2.33. The molecule has 31 heavy (non-hydrogen) atoms. The van der Waals surface area contributed by atoms with Crippen molar-refractivity contribution in [3.63, 3.8) is 0 Å². The van der Waals surface area contributed by atoms with Crippen LogP contribution in [0.4, 0.5) is 5.82 Å². The minimum atomic E-state index is -0.803. The molecule has 0 saturated carbocycles. The zero-order chi connectivity index (χ0) is 22.0. The van der Waals surface area contributed by atoms with Crippen molar-refractivity contribution in [2.45, 2.75) is 52.0 Å². The molecular formula is C25H31N3O3. The first-order valence-corrected chi connectivity index (χ1v) is 11.3. The van der Waals surface area contributed by atoms with Crippen LogP contribution in [-0.2, 0) is 22.4 Å². The number of likely N-dealkylation sites (tertiary alicyclic amines) is 1. The standard InChI is InChI=1S/C25H31N3O3/c1-16-5-6-18(14-21(16)22-8-7-20-4-3-11-26-24(20)27-22)15-23(29)19-9-12-28(13-10-19)17(2)25(30)31/h5-8,14,17,19H,3-4,9-13,15H2,1-2H3,(H,26,27)(H,30,31). The van der Waals surface area contributed by atoms with Crippen LogP contribution in [0.1, 0.15) is 42.9 Å². The van der Waals surface area contributed by atoms with Crippen LogP contribution in [0.5, 0.6) is 0 Å². The second-order valence-electron chi connectivity index (χ2n) is 8.85. The number of Topliss-reactive ketones (excluding diaryl/α,β-unsaturated/α-hetero) is 1. The highest BCUT2D eigenvalue weighted by Crippen LogP contribution is 2.29. The smallest absolute Gasteiger partial charge is 0.320 e. The van der Waals surface area contributed by atoms with Crippen molar-refractivity contribution in [1.82, 2.24) is 9.88 Å². The number of aromatic nitrogens is 1. The molecule has 1 saturated heterocycles. The van der Waals surface area contributed by atoms with Gasteiger partial charge in [-0.1, -0.05) is 18.2 Å². The summed E-state index contributed by atoms with van der Waals surface area (Å²) in [5, 5.41) is 12.6. The highest BCUT2D eigenvalue weighted by atomic mass is 16.4. The van der Waals surface area contributed by atoms with Crippen molar-refractivity contribution < 1.29 is 14.7 Å². The average molecular weight is 422 g/mol. The van der Waals surface area contributed by atoms with Gasteiger partial charge in [0.05, 0.1) is 5.69 Å². The third-order valence-electron chi connectivity index (χ3n) is 6.74. The number of hydrogen-bond acceptors (Lipinski definition) is 5. The van der Waals surface area contributed by atoms with Crippen LogP contribution in [0.3, 0.4) is 0 Å². The van der Waals surface area contributed by atoms with E-state index >= 15 is 0 Å². The number of carboxylic acid groups (broad SMARTS) is 1. The molecule has 1 atom stereocenters. The number of aryl methyl sites for hydroxylation is 2. The van der Waals surface area contributed by atoms with Gasteiger partial charge in [0.1, 0.15) is 17.6 Å². The topological polar surface area (TPSA) is 82.5 Å².